The Kier molecular flexibility index (Phi) is 9.48. The van der Waals surface area contributed by atoms with Crippen molar-refractivity contribution in [3.63, 3.8) is 0 Å². The summed E-state index contributed by atoms with van der Waals surface area (Å²) in [5.74, 6) is -0.674. The molecule has 0 aliphatic carbocycles. The number of carbonyl (C=O) groups excluding carboxylic acids is 2. The number of pyridine rings is 1. The molecule has 1 atom stereocenters. The molecule has 0 aliphatic heterocycles. The predicted octanol–water partition coefficient (Wildman–Crippen LogP) is 5.73. The van der Waals surface area contributed by atoms with E-state index in [0.29, 0.717) is 18.0 Å². The molecule has 37 heavy (non-hydrogen) atoms. The minimum absolute atomic E-state index is 0.159. The van der Waals surface area contributed by atoms with Crippen LogP contribution in [0.15, 0.2) is 79.1 Å². The van der Waals surface area contributed by atoms with Gasteiger partial charge >= 0.3 is 0 Å². The molecular weight excluding hydrogens is 484 g/mol. The van der Waals surface area contributed by atoms with E-state index in [1.807, 2.05) is 66.7 Å². The van der Waals surface area contributed by atoms with Crippen molar-refractivity contribution < 1.29 is 14.3 Å². The van der Waals surface area contributed by atoms with Crippen LogP contribution in [0.25, 0.3) is 10.6 Å². The van der Waals surface area contributed by atoms with E-state index in [1.54, 1.807) is 12.4 Å². The Morgan fingerprint density at radius 2 is 1.70 bits per heavy atom. The number of amides is 1. The van der Waals surface area contributed by atoms with Crippen LogP contribution in [0.4, 0.5) is 0 Å². The van der Waals surface area contributed by atoms with Gasteiger partial charge in [0, 0.05) is 18.0 Å². The van der Waals surface area contributed by atoms with Crippen LogP contribution in [-0.2, 0) is 22.7 Å². The van der Waals surface area contributed by atoms with E-state index in [4.69, 9.17) is 4.74 Å². The van der Waals surface area contributed by atoms with Gasteiger partial charge in [-0.2, -0.15) is 0 Å². The van der Waals surface area contributed by atoms with E-state index in [-0.39, 0.29) is 6.54 Å². The average molecular weight is 515 g/mol. The van der Waals surface area contributed by atoms with Gasteiger partial charge in [0.2, 0.25) is 5.78 Å². The van der Waals surface area contributed by atoms with E-state index >= 15 is 0 Å². The first-order valence-corrected chi connectivity index (χ1v) is 13.3. The van der Waals surface area contributed by atoms with Crippen LogP contribution in [-0.4, -0.2) is 26.9 Å². The topological polar surface area (TPSA) is 94.1 Å². The molecule has 1 N–H and O–H groups in total. The number of ether oxygens (including phenoxy) is 1. The highest BCUT2D eigenvalue weighted by molar-refractivity contribution is 7.14. The van der Waals surface area contributed by atoms with Crippen molar-refractivity contribution in [3.05, 3.63) is 95.3 Å². The monoisotopic (exact) mass is 514 g/mol. The van der Waals surface area contributed by atoms with Crippen LogP contribution in [0, 0.1) is 0 Å². The lowest BCUT2D eigenvalue weighted by Gasteiger charge is -2.15. The number of unbranched alkanes of at least 4 members (excludes halogenated alkanes) is 2. The number of Topliss-reactive ketones (excluding diaryl/α,β-unsaturated/α-hetero) is 1. The fraction of sp³-hybridized carbons (Fsp3) is 0.276. The van der Waals surface area contributed by atoms with E-state index in [2.05, 4.69) is 27.4 Å². The van der Waals surface area contributed by atoms with Crippen LogP contribution in [0.2, 0.25) is 0 Å². The first-order chi connectivity index (χ1) is 18.1. The summed E-state index contributed by atoms with van der Waals surface area (Å²) in [5, 5.41) is 12.6. The van der Waals surface area contributed by atoms with Crippen molar-refractivity contribution >= 4 is 23.0 Å². The van der Waals surface area contributed by atoms with Crippen LogP contribution in [0.3, 0.4) is 0 Å². The molecule has 4 aromatic rings. The number of hydrogen-bond acceptors (Lipinski definition) is 7. The Hall–Kier alpha value is -3.91. The van der Waals surface area contributed by atoms with Gasteiger partial charge in [-0.3, -0.25) is 14.6 Å². The Morgan fingerprint density at radius 1 is 0.946 bits per heavy atom. The standard InChI is InChI=1S/C29H30N4O3S/c1-2-3-5-10-25(22-8-6-4-7-9-22)27(34)28(35)31-19-26-32-33-29(37-26)23-11-13-24(14-12-23)36-20-21-15-17-30-18-16-21/h4,6-9,11-18,25H,2-3,5,10,19-20H2,1H3,(H,31,35). The van der Waals surface area contributed by atoms with Gasteiger partial charge in [0.1, 0.15) is 22.4 Å². The molecule has 190 valence electrons. The number of carbonyl (C=O) groups is 2. The molecule has 2 aromatic heterocycles. The first-order valence-electron chi connectivity index (χ1n) is 12.5. The summed E-state index contributed by atoms with van der Waals surface area (Å²) in [5.41, 5.74) is 2.83. The highest BCUT2D eigenvalue weighted by Gasteiger charge is 2.26. The molecule has 1 amide bonds. The largest absolute Gasteiger partial charge is 0.489 e. The van der Waals surface area contributed by atoms with Crippen molar-refractivity contribution in [3.8, 4) is 16.3 Å². The normalized spacial score (nSPS) is 11.6. The van der Waals surface area contributed by atoms with Gasteiger partial charge < -0.3 is 10.1 Å². The third-order valence-electron chi connectivity index (χ3n) is 5.96. The molecule has 8 heteroatoms. The zero-order valence-electron chi connectivity index (χ0n) is 20.8. The maximum atomic E-state index is 13.0. The van der Waals surface area contributed by atoms with Gasteiger partial charge in [-0.25, -0.2) is 0 Å². The van der Waals surface area contributed by atoms with Gasteiger partial charge in [0.05, 0.1) is 12.5 Å². The highest BCUT2D eigenvalue weighted by atomic mass is 32.1. The number of rotatable bonds is 13. The van der Waals surface area contributed by atoms with Crippen LogP contribution in [0.1, 0.15) is 54.7 Å². The second kappa shape index (κ2) is 13.4. The van der Waals surface area contributed by atoms with Crippen molar-refractivity contribution in [2.75, 3.05) is 0 Å². The minimum atomic E-state index is -0.585. The SMILES string of the molecule is CCCCCC(C(=O)C(=O)NCc1nnc(-c2ccc(OCc3ccncc3)cc2)s1)c1ccccc1. The maximum absolute atomic E-state index is 13.0. The summed E-state index contributed by atoms with van der Waals surface area (Å²) >= 11 is 1.38. The number of ketones is 1. The van der Waals surface area contributed by atoms with E-state index in [0.717, 1.165) is 46.7 Å². The van der Waals surface area contributed by atoms with Crippen molar-refractivity contribution in [1.29, 1.82) is 0 Å². The summed E-state index contributed by atoms with van der Waals surface area (Å²) in [6, 6.07) is 21.0. The first kappa shape index (κ1) is 26.2. The maximum Gasteiger partial charge on any atom is 0.288 e. The lowest BCUT2D eigenvalue weighted by molar-refractivity contribution is -0.139. The summed E-state index contributed by atoms with van der Waals surface area (Å²) in [4.78, 5) is 29.7. The smallest absolute Gasteiger partial charge is 0.288 e. The quantitative estimate of drug-likeness (QED) is 0.181. The zero-order chi connectivity index (χ0) is 25.9. The average Bonchev–Trinajstić information content (AvgIpc) is 3.43. The third-order valence-corrected chi connectivity index (χ3v) is 6.93. The molecule has 0 bridgehead atoms. The molecule has 1 unspecified atom stereocenters. The summed E-state index contributed by atoms with van der Waals surface area (Å²) < 4.78 is 5.82. The van der Waals surface area contributed by atoms with Gasteiger partial charge in [0.15, 0.2) is 0 Å². The van der Waals surface area contributed by atoms with Crippen molar-refractivity contribution in [2.45, 2.75) is 51.7 Å². The number of nitrogens with one attached hydrogen (secondary N) is 1. The molecule has 0 saturated heterocycles. The minimum Gasteiger partial charge on any atom is -0.489 e. The molecular formula is C29H30N4O3S. The second-order valence-corrected chi connectivity index (χ2v) is 9.74. The molecule has 4 rings (SSSR count). The van der Waals surface area contributed by atoms with Gasteiger partial charge in [-0.05, 0) is 53.9 Å². The Morgan fingerprint density at radius 3 is 2.43 bits per heavy atom. The zero-order valence-corrected chi connectivity index (χ0v) is 21.6. The summed E-state index contributed by atoms with van der Waals surface area (Å²) in [7, 11) is 0. The van der Waals surface area contributed by atoms with Crippen molar-refractivity contribution in [1.82, 2.24) is 20.5 Å². The lowest BCUT2D eigenvalue weighted by atomic mass is 9.89. The molecule has 7 nitrogen and oxygen atoms in total. The Bertz CT molecular complexity index is 1280. The molecule has 2 heterocycles. The van der Waals surface area contributed by atoms with Gasteiger partial charge in [-0.15, -0.1) is 10.2 Å². The Labute approximate surface area is 221 Å². The highest BCUT2D eigenvalue weighted by Crippen LogP contribution is 2.27. The molecule has 0 spiro atoms. The summed E-state index contributed by atoms with van der Waals surface area (Å²) in [6.45, 7) is 2.74. The number of nitrogens with zero attached hydrogens (tertiary/aromatic N) is 3. The molecule has 0 aliphatic rings. The fourth-order valence-corrected chi connectivity index (χ4v) is 4.70. The molecule has 0 radical (unpaired) electrons. The summed E-state index contributed by atoms with van der Waals surface area (Å²) in [6.07, 6.45) is 7.13. The molecule has 0 fully saturated rings. The lowest BCUT2D eigenvalue weighted by Crippen LogP contribution is -2.34. The third kappa shape index (κ3) is 7.54. The van der Waals surface area contributed by atoms with Crippen LogP contribution >= 0.6 is 11.3 Å². The molecule has 2 aromatic carbocycles. The number of benzene rings is 2. The van der Waals surface area contributed by atoms with E-state index in [9.17, 15) is 9.59 Å². The van der Waals surface area contributed by atoms with Crippen LogP contribution in [0.5, 0.6) is 5.75 Å². The van der Waals surface area contributed by atoms with Gasteiger partial charge in [0.25, 0.3) is 5.91 Å². The Balaban J connectivity index is 1.32. The molecule has 0 saturated carbocycles. The fourth-order valence-electron chi connectivity index (χ4n) is 3.92. The van der Waals surface area contributed by atoms with Crippen LogP contribution < -0.4 is 10.1 Å². The number of hydrogen-bond donors (Lipinski definition) is 1. The predicted molar refractivity (Wildman–Crippen MR) is 144 cm³/mol. The van der Waals surface area contributed by atoms with Gasteiger partial charge in [-0.1, -0.05) is 67.9 Å². The van der Waals surface area contributed by atoms with E-state index < -0.39 is 17.6 Å². The van der Waals surface area contributed by atoms with E-state index in [1.165, 1.54) is 11.3 Å². The number of aromatic nitrogens is 3. The van der Waals surface area contributed by atoms with Crippen molar-refractivity contribution in [2.24, 2.45) is 0 Å². The second-order valence-electron chi connectivity index (χ2n) is 8.68.